The number of aryl methyl sites for hydroxylation is 1. The highest BCUT2D eigenvalue weighted by atomic mass is 35.5. The first kappa shape index (κ1) is 19.4. The van der Waals surface area contributed by atoms with Crippen LogP contribution in [0.2, 0.25) is 5.02 Å². The molecule has 142 valence electrons. The van der Waals surface area contributed by atoms with Crippen molar-refractivity contribution in [2.24, 2.45) is 0 Å². The van der Waals surface area contributed by atoms with Crippen molar-refractivity contribution in [1.29, 1.82) is 0 Å². The maximum atomic E-state index is 12.6. The normalized spacial score (nSPS) is 11.6. The molecule has 0 aliphatic heterocycles. The molecule has 3 aromatic rings. The maximum absolute atomic E-state index is 12.6. The number of rotatable bonds is 5. The molecule has 6 nitrogen and oxygen atoms in total. The number of hydrogen-bond donors (Lipinski definition) is 1. The van der Waals surface area contributed by atoms with Crippen LogP contribution >= 0.6 is 22.9 Å². The molecule has 8 heteroatoms. The minimum atomic E-state index is -1.11. The summed E-state index contributed by atoms with van der Waals surface area (Å²) in [4.78, 5) is 25.8. The molecule has 1 N–H and O–H groups in total. The summed E-state index contributed by atoms with van der Waals surface area (Å²) in [7, 11) is 1.29. The standard InChI is InChI=1S/C19H20ClN3O3S/c1-11-13-9-15(16(24)21-19(2,3)18(25)26-4)27-17(13)23(22-11)10-12-7-5-6-8-14(12)20/h5-9H,10H2,1-4H3,(H,21,24). The molecule has 3 rings (SSSR count). The van der Waals surface area contributed by atoms with Crippen molar-refractivity contribution >= 4 is 45.0 Å². The van der Waals surface area contributed by atoms with Crippen LogP contribution in [-0.4, -0.2) is 34.3 Å². The number of amides is 1. The molecule has 0 saturated heterocycles. The number of aromatic nitrogens is 2. The molecule has 0 spiro atoms. The van der Waals surface area contributed by atoms with Crippen molar-refractivity contribution in [2.45, 2.75) is 32.9 Å². The number of carbonyl (C=O) groups is 2. The van der Waals surface area contributed by atoms with Crippen LogP contribution < -0.4 is 5.32 Å². The van der Waals surface area contributed by atoms with Gasteiger partial charge in [0.25, 0.3) is 5.91 Å². The summed E-state index contributed by atoms with van der Waals surface area (Å²) in [6.07, 6.45) is 0. The molecule has 1 amide bonds. The summed E-state index contributed by atoms with van der Waals surface area (Å²) in [5.41, 5.74) is 0.676. The summed E-state index contributed by atoms with van der Waals surface area (Å²) < 4.78 is 6.58. The number of ether oxygens (including phenoxy) is 1. The number of nitrogens with zero attached hydrogens (tertiary/aromatic N) is 2. The average molecular weight is 406 g/mol. The summed E-state index contributed by atoms with van der Waals surface area (Å²) in [6, 6.07) is 9.40. The van der Waals surface area contributed by atoms with E-state index in [1.807, 2.05) is 35.9 Å². The Hall–Kier alpha value is -2.38. The molecule has 0 bridgehead atoms. The third-order valence-electron chi connectivity index (χ3n) is 4.23. The first-order valence-electron chi connectivity index (χ1n) is 8.34. The Kier molecular flexibility index (Phi) is 5.26. The van der Waals surface area contributed by atoms with Crippen LogP contribution in [-0.2, 0) is 16.1 Å². The summed E-state index contributed by atoms with van der Waals surface area (Å²) in [6.45, 7) is 5.63. The molecule has 0 atom stereocenters. The van der Waals surface area contributed by atoms with Gasteiger partial charge in [-0.1, -0.05) is 29.8 Å². The number of fused-ring (bicyclic) bond motifs is 1. The van der Waals surface area contributed by atoms with Gasteiger partial charge in [0.15, 0.2) is 0 Å². The van der Waals surface area contributed by atoms with E-state index < -0.39 is 11.5 Å². The van der Waals surface area contributed by atoms with Gasteiger partial charge in [-0.3, -0.25) is 9.48 Å². The third kappa shape index (κ3) is 3.84. The second-order valence-corrected chi connectivity index (χ2v) is 8.17. The minimum absolute atomic E-state index is 0.324. The number of thiophene rings is 1. The van der Waals surface area contributed by atoms with E-state index in [0.29, 0.717) is 16.4 Å². The topological polar surface area (TPSA) is 73.2 Å². The number of hydrogen-bond acceptors (Lipinski definition) is 5. The van der Waals surface area contributed by atoms with E-state index in [-0.39, 0.29) is 5.91 Å². The van der Waals surface area contributed by atoms with Crippen LogP contribution in [0.5, 0.6) is 0 Å². The average Bonchev–Trinajstić information content (AvgIpc) is 3.17. The fourth-order valence-electron chi connectivity index (χ4n) is 2.77. The van der Waals surface area contributed by atoms with Crippen LogP contribution in [0.3, 0.4) is 0 Å². The Morgan fingerprint density at radius 3 is 2.70 bits per heavy atom. The SMILES string of the molecule is COC(=O)C(C)(C)NC(=O)c1cc2c(C)nn(Cc3ccccc3Cl)c2s1. The molecule has 2 heterocycles. The van der Waals surface area contributed by atoms with Gasteiger partial charge in [0.05, 0.1) is 24.2 Å². The van der Waals surface area contributed by atoms with Crippen molar-refractivity contribution < 1.29 is 14.3 Å². The highest BCUT2D eigenvalue weighted by Gasteiger charge is 2.31. The zero-order chi connectivity index (χ0) is 19.8. The van der Waals surface area contributed by atoms with E-state index in [1.165, 1.54) is 18.4 Å². The molecule has 0 aliphatic carbocycles. The Labute approximate surface area is 166 Å². The molecule has 0 aliphatic rings. The number of methoxy groups -OCH3 is 1. The fraction of sp³-hybridized carbons (Fsp3) is 0.316. The lowest BCUT2D eigenvalue weighted by atomic mass is 10.1. The van der Waals surface area contributed by atoms with Crippen molar-refractivity contribution in [3.63, 3.8) is 0 Å². The predicted octanol–water partition coefficient (Wildman–Crippen LogP) is 3.79. The Morgan fingerprint density at radius 1 is 1.33 bits per heavy atom. The van der Waals surface area contributed by atoms with E-state index in [9.17, 15) is 9.59 Å². The molecule has 0 unspecified atom stereocenters. The van der Waals surface area contributed by atoms with E-state index >= 15 is 0 Å². The Balaban J connectivity index is 1.91. The van der Waals surface area contributed by atoms with Crippen molar-refractivity contribution in [3.8, 4) is 0 Å². The van der Waals surface area contributed by atoms with Gasteiger partial charge < -0.3 is 10.1 Å². The lowest BCUT2D eigenvalue weighted by Crippen LogP contribution is -2.50. The predicted molar refractivity (Wildman–Crippen MR) is 106 cm³/mol. The van der Waals surface area contributed by atoms with Gasteiger partial charge in [-0.25, -0.2) is 4.79 Å². The van der Waals surface area contributed by atoms with Gasteiger partial charge in [-0.15, -0.1) is 11.3 Å². The molecule has 0 radical (unpaired) electrons. The third-order valence-corrected chi connectivity index (χ3v) is 5.75. The maximum Gasteiger partial charge on any atom is 0.330 e. The van der Waals surface area contributed by atoms with E-state index in [2.05, 4.69) is 10.4 Å². The summed E-state index contributed by atoms with van der Waals surface area (Å²) in [5, 5.41) is 8.87. The molecule has 1 aromatic carbocycles. The Morgan fingerprint density at radius 2 is 2.04 bits per heavy atom. The van der Waals surface area contributed by atoms with Crippen LogP contribution in [0.15, 0.2) is 30.3 Å². The van der Waals surface area contributed by atoms with Gasteiger partial charge in [0.2, 0.25) is 0 Å². The number of esters is 1. The Bertz CT molecular complexity index is 1020. The zero-order valence-corrected chi connectivity index (χ0v) is 17.1. The van der Waals surface area contributed by atoms with Gasteiger partial charge in [0, 0.05) is 10.4 Å². The van der Waals surface area contributed by atoms with Crippen molar-refractivity contribution in [3.05, 3.63) is 51.5 Å². The second kappa shape index (κ2) is 7.32. The quantitative estimate of drug-likeness (QED) is 0.655. The number of carbonyl (C=O) groups excluding carboxylic acids is 2. The van der Waals surface area contributed by atoms with Crippen molar-refractivity contribution in [1.82, 2.24) is 15.1 Å². The lowest BCUT2D eigenvalue weighted by molar-refractivity contribution is -0.146. The van der Waals surface area contributed by atoms with Crippen LogP contribution in [0.25, 0.3) is 10.2 Å². The van der Waals surface area contributed by atoms with Gasteiger partial charge >= 0.3 is 5.97 Å². The highest BCUT2D eigenvalue weighted by molar-refractivity contribution is 7.20. The van der Waals surface area contributed by atoms with Gasteiger partial charge in [-0.2, -0.15) is 5.10 Å². The summed E-state index contributed by atoms with van der Waals surface area (Å²) in [5.74, 6) is -0.826. The molecule has 0 fully saturated rings. The molecule has 0 saturated carbocycles. The highest BCUT2D eigenvalue weighted by Crippen LogP contribution is 2.30. The second-order valence-electron chi connectivity index (χ2n) is 6.73. The summed E-state index contributed by atoms with van der Waals surface area (Å²) >= 11 is 7.59. The largest absolute Gasteiger partial charge is 0.467 e. The molecule has 2 aromatic heterocycles. The van der Waals surface area contributed by atoms with E-state index in [0.717, 1.165) is 21.5 Å². The number of halogens is 1. The monoisotopic (exact) mass is 405 g/mol. The smallest absolute Gasteiger partial charge is 0.330 e. The molecular formula is C19H20ClN3O3S. The lowest BCUT2D eigenvalue weighted by Gasteiger charge is -2.22. The first-order chi connectivity index (χ1) is 12.7. The zero-order valence-electron chi connectivity index (χ0n) is 15.5. The van der Waals surface area contributed by atoms with Crippen LogP contribution in [0, 0.1) is 6.92 Å². The fourth-order valence-corrected chi connectivity index (χ4v) is 4.02. The van der Waals surface area contributed by atoms with E-state index in [1.54, 1.807) is 19.9 Å². The van der Waals surface area contributed by atoms with Gasteiger partial charge in [0.1, 0.15) is 10.4 Å². The molecular weight excluding hydrogens is 386 g/mol. The van der Waals surface area contributed by atoms with Crippen LogP contribution in [0.4, 0.5) is 0 Å². The van der Waals surface area contributed by atoms with E-state index in [4.69, 9.17) is 16.3 Å². The minimum Gasteiger partial charge on any atom is -0.467 e. The van der Waals surface area contributed by atoms with Crippen LogP contribution in [0.1, 0.15) is 34.8 Å². The van der Waals surface area contributed by atoms with Crippen molar-refractivity contribution in [2.75, 3.05) is 7.11 Å². The molecule has 27 heavy (non-hydrogen) atoms. The number of benzene rings is 1. The first-order valence-corrected chi connectivity index (χ1v) is 9.53. The number of nitrogens with one attached hydrogen (secondary N) is 1. The van der Waals surface area contributed by atoms with Gasteiger partial charge in [-0.05, 0) is 38.5 Å².